The van der Waals surface area contributed by atoms with Gasteiger partial charge in [0.1, 0.15) is 16.7 Å². The number of aromatic nitrogens is 2. The SMILES string of the molecule is CSc1nc(C)ncc1C(=N)N. The van der Waals surface area contributed by atoms with Crippen LogP contribution in [0.2, 0.25) is 0 Å². The number of thioether (sulfide) groups is 1. The van der Waals surface area contributed by atoms with E-state index in [1.165, 1.54) is 11.8 Å². The van der Waals surface area contributed by atoms with Crippen LogP contribution < -0.4 is 5.73 Å². The molecule has 12 heavy (non-hydrogen) atoms. The summed E-state index contributed by atoms with van der Waals surface area (Å²) < 4.78 is 0. The second kappa shape index (κ2) is 3.53. The van der Waals surface area contributed by atoms with Crippen LogP contribution in [-0.4, -0.2) is 22.1 Å². The third-order valence-electron chi connectivity index (χ3n) is 1.36. The van der Waals surface area contributed by atoms with E-state index in [4.69, 9.17) is 11.1 Å². The summed E-state index contributed by atoms with van der Waals surface area (Å²) in [6, 6.07) is 0. The average Bonchev–Trinajstić information content (AvgIpc) is 2.03. The van der Waals surface area contributed by atoms with Gasteiger partial charge in [-0.1, -0.05) is 0 Å². The highest BCUT2D eigenvalue weighted by Crippen LogP contribution is 2.15. The smallest absolute Gasteiger partial charge is 0.127 e. The molecule has 0 fully saturated rings. The van der Waals surface area contributed by atoms with Gasteiger partial charge in [0.05, 0.1) is 5.56 Å². The molecule has 0 spiro atoms. The minimum absolute atomic E-state index is 0.0133. The number of hydrogen-bond acceptors (Lipinski definition) is 4. The van der Waals surface area contributed by atoms with Gasteiger partial charge in [-0.3, -0.25) is 5.41 Å². The first kappa shape index (κ1) is 8.99. The summed E-state index contributed by atoms with van der Waals surface area (Å²) in [4.78, 5) is 8.11. The van der Waals surface area contributed by atoms with Crippen molar-refractivity contribution in [3.8, 4) is 0 Å². The molecule has 1 aromatic rings. The van der Waals surface area contributed by atoms with Crippen LogP contribution >= 0.6 is 11.8 Å². The van der Waals surface area contributed by atoms with Gasteiger partial charge in [-0.25, -0.2) is 9.97 Å². The van der Waals surface area contributed by atoms with E-state index in [-0.39, 0.29) is 5.84 Å². The summed E-state index contributed by atoms with van der Waals surface area (Å²) >= 11 is 1.47. The number of hydrogen-bond donors (Lipinski definition) is 2. The van der Waals surface area contributed by atoms with Crippen LogP contribution in [0, 0.1) is 12.3 Å². The third-order valence-corrected chi connectivity index (χ3v) is 2.06. The van der Waals surface area contributed by atoms with Crippen LogP contribution in [0.25, 0.3) is 0 Å². The Morgan fingerprint density at radius 3 is 2.83 bits per heavy atom. The highest BCUT2D eigenvalue weighted by Gasteiger charge is 2.06. The highest BCUT2D eigenvalue weighted by molar-refractivity contribution is 7.98. The zero-order chi connectivity index (χ0) is 9.14. The monoisotopic (exact) mass is 182 g/mol. The normalized spacial score (nSPS) is 9.83. The molecule has 0 bridgehead atoms. The first-order chi connectivity index (χ1) is 5.65. The van der Waals surface area contributed by atoms with Gasteiger partial charge >= 0.3 is 0 Å². The van der Waals surface area contributed by atoms with E-state index < -0.39 is 0 Å². The Hall–Kier alpha value is -1.10. The Morgan fingerprint density at radius 1 is 1.67 bits per heavy atom. The largest absolute Gasteiger partial charge is 0.384 e. The topological polar surface area (TPSA) is 75.7 Å². The van der Waals surface area contributed by atoms with E-state index in [2.05, 4.69) is 9.97 Å². The molecule has 0 aliphatic carbocycles. The Bertz CT molecular complexity index is 310. The first-order valence-corrected chi connectivity index (χ1v) is 4.59. The number of rotatable bonds is 2. The second-order valence-electron chi connectivity index (χ2n) is 2.25. The van der Waals surface area contributed by atoms with E-state index in [1.807, 2.05) is 13.2 Å². The van der Waals surface area contributed by atoms with Gasteiger partial charge < -0.3 is 5.73 Å². The Balaban J connectivity index is 3.20. The summed E-state index contributed by atoms with van der Waals surface area (Å²) in [5, 5.41) is 7.99. The van der Waals surface area contributed by atoms with Gasteiger partial charge in [-0.2, -0.15) is 0 Å². The molecule has 4 nitrogen and oxygen atoms in total. The van der Waals surface area contributed by atoms with Crippen molar-refractivity contribution in [3.05, 3.63) is 17.6 Å². The first-order valence-electron chi connectivity index (χ1n) is 3.37. The number of amidine groups is 1. The summed E-state index contributed by atoms with van der Waals surface area (Å²) in [6.45, 7) is 1.81. The number of nitrogens with two attached hydrogens (primary N) is 1. The van der Waals surface area contributed by atoms with Crippen molar-refractivity contribution in [2.45, 2.75) is 11.9 Å². The summed E-state index contributed by atoms with van der Waals surface area (Å²) in [6.07, 6.45) is 3.48. The van der Waals surface area contributed by atoms with Gasteiger partial charge in [0, 0.05) is 6.20 Å². The molecular weight excluding hydrogens is 172 g/mol. The number of nitrogens with zero attached hydrogens (tertiary/aromatic N) is 2. The molecule has 1 heterocycles. The van der Waals surface area contributed by atoms with Crippen molar-refractivity contribution >= 4 is 17.6 Å². The lowest BCUT2D eigenvalue weighted by Crippen LogP contribution is -2.14. The van der Waals surface area contributed by atoms with Gasteiger partial charge in [-0.15, -0.1) is 11.8 Å². The Morgan fingerprint density at radius 2 is 2.33 bits per heavy atom. The molecule has 1 rings (SSSR count). The molecular formula is C7H10N4S. The van der Waals surface area contributed by atoms with Gasteiger partial charge in [0.25, 0.3) is 0 Å². The summed E-state index contributed by atoms with van der Waals surface area (Å²) in [7, 11) is 0. The fraction of sp³-hybridized carbons (Fsp3) is 0.286. The number of nitrogen functional groups attached to an aromatic ring is 1. The van der Waals surface area contributed by atoms with E-state index in [0.29, 0.717) is 11.4 Å². The quantitative estimate of drug-likeness (QED) is 0.307. The van der Waals surface area contributed by atoms with Crippen molar-refractivity contribution in [1.82, 2.24) is 9.97 Å². The molecule has 0 saturated carbocycles. The van der Waals surface area contributed by atoms with Crippen LogP contribution in [0.3, 0.4) is 0 Å². The lowest BCUT2D eigenvalue weighted by atomic mass is 10.3. The van der Waals surface area contributed by atoms with Crippen molar-refractivity contribution in [1.29, 1.82) is 5.41 Å². The van der Waals surface area contributed by atoms with Gasteiger partial charge in [0.15, 0.2) is 0 Å². The molecule has 0 unspecified atom stereocenters. The summed E-state index contributed by atoms with van der Waals surface area (Å²) in [5.74, 6) is 0.712. The van der Waals surface area contributed by atoms with E-state index >= 15 is 0 Å². The van der Waals surface area contributed by atoms with Crippen molar-refractivity contribution in [3.63, 3.8) is 0 Å². The predicted octanol–water partition coefficient (Wildman–Crippen LogP) is 0.791. The van der Waals surface area contributed by atoms with Gasteiger partial charge in [0.2, 0.25) is 0 Å². The van der Waals surface area contributed by atoms with E-state index in [1.54, 1.807) is 6.20 Å². The van der Waals surface area contributed by atoms with E-state index in [9.17, 15) is 0 Å². The maximum Gasteiger partial charge on any atom is 0.127 e. The molecule has 0 saturated heterocycles. The molecule has 64 valence electrons. The van der Waals surface area contributed by atoms with Crippen LogP contribution in [0.4, 0.5) is 0 Å². The van der Waals surface area contributed by atoms with Gasteiger partial charge in [-0.05, 0) is 13.2 Å². The number of nitrogens with one attached hydrogen (secondary N) is 1. The van der Waals surface area contributed by atoms with E-state index in [0.717, 1.165) is 5.03 Å². The average molecular weight is 182 g/mol. The highest BCUT2D eigenvalue weighted by atomic mass is 32.2. The Kier molecular flexibility index (Phi) is 2.65. The van der Waals surface area contributed by atoms with Crippen molar-refractivity contribution < 1.29 is 0 Å². The zero-order valence-corrected chi connectivity index (χ0v) is 7.77. The van der Waals surface area contributed by atoms with Crippen LogP contribution in [0.1, 0.15) is 11.4 Å². The fourth-order valence-corrected chi connectivity index (χ4v) is 1.40. The molecule has 0 radical (unpaired) electrons. The fourth-order valence-electron chi connectivity index (χ4n) is 0.790. The summed E-state index contributed by atoms with van der Waals surface area (Å²) in [5.41, 5.74) is 5.93. The second-order valence-corrected chi connectivity index (χ2v) is 3.05. The zero-order valence-electron chi connectivity index (χ0n) is 6.96. The molecule has 1 aromatic heterocycles. The standard InChI is InChI=1S/C7H10N4S/c1-4-10-3-5(6(8)9)7(11-4)12-2/h3H,1-2H3,(H3,8,9). The molecule has 0 aromatic carbocycles. The molecule has 5 heteroatoms. The molecule has 3 N–H and O–H groups in total. The molecule has 0 aliphatic rings. The predicted molar refractivity (Wildman–Crippen MR) is 49.6 cm³/mol. The molecule has 0 aliphatic heterocycles. The molecule has 0 atom stereocenters. The van der Waals surface area contributed by atoms with Crippen LogP contribution in [0.15, 0.2) is 11.2 Å². The van der Waals surface area contributed by atoms with Crippen molar-refractivity contribution in [2.75, 3.05) is 6.26 Å². The maximum atomic E-state index is 7.23. The lowest BCUT2D eigenvalue weighted by molar-refractivity contribution is 0.958. The lowest BCUT2D eigenvalue weighted by Gasteiger charge is -2.03. The third kappa shape index (κ3) is 1.73. The van der Waals surface area contributed by atoms with Crippen LogP contribution in [0.5, 0.6) is 0 Å². The maximum absolute atomic E-state index is 7.23. The minimum atomic E-state index is 0.0133. The van der Waals surface area contributed by atoms with Crippen LogP contribution in [-0.2, 0) is 0 Å². The van der Waals surface area contributed by atoms with Crippen molar-refractivity contribution in [2.24, 2.45) is 5.73 Å². The number of aryl methyl sites for hydroxylation is 1. The Labute approximate surface area is 75.1 Å². The minimum Gasteiger partial charge on any atom is -0.384 e. The molecule has 0 amide bonds.